The fourth-order valence-electron chi connectivity index (χ4n) is 12.1. The second kappa shape index (κ2) is 12.7. The van der Waals surface area contributed by atoms with Crippen LogP contribution in [-0.2, 0) is 14.3 Å². The number of rotatable bonds is 5. The molecule has 0 spiro atoms. The van der Waals surface area contributed by atoms with Gasteiger partial charge in [0, 0.05) is 16.3 Å². The van der Waals surface area contributed by atoms with E-state index < -0.39 is 69.6 Å². The predicted octanol–water partition coefficient (Wildman–Crippen LogP) is -1.65. The third-order valence-electron chi connectivity index (χ3n) is 15.4. The zero-order valence-corrected chi connectivity index (χ0v) is 31.9. The highest BCUT2D eigenvalue weighted by molar-refractivity contribution is 7.83. The van der Waals surface area contributed by atoms with Crippen LogP contribution in [0.25, 0.3) is 0 Å². The summed E-state index contributed by atoms with van der Waals surface area (Å²) in [5.41, 5.74) is -0.0360. The molecule has 0 radical (unpaired) electrons. The Bertz CT molecular complexity index is 1590. The van der Waals surface area contributed by atoms with Crippen molar-refractivity contribution in [1.82, 2.24) is 0 Å². The first-order valence-corrected chi connectivity index (χ1v) is 18.9. The number of aliphatic hydroxyl groups is 4. The summed E-state index contributed by atoms with van der Waals surface area (Å²) in [5.74, 6) is -1.39. The summed E-state index contributed by atoms with van der Waals surface area (Å²) in [6.07, 6.45) is 2.48. The summed E-state index contributed by atoms with van der Waals surface area (Å²) in [6.45, 7) is 2.74. The Morgan fingerprint density at radius 1 is 0.940 bits per heavy atom. The first-order chi connectivity index (χ1) is 23.3. The topological polar surface area (TPSA) is 134 Å². The normalized spacial score (nSPS) is 46.5. The Labute approximate surface area is 307 Å². The highest BCUT2D eigenvalue weighted by Crippen LogP contribution is 2.81. The van der Waals surface area contributed by atoms with E-state index in [1.807, 2.05) is 7.85 Å². The Balaban J connectivity index is 1.51. The van der Waals surface area contributed by atoms with Crippen molar-refractivity contribution in [3.63, 3.8) is 0 Å². The Kier molecular flexibility index (Phi) is 9.62. The number of ether oxygens (including phenoxy) is 2. The van der Waals surface area contributed by atoms with E-state index >= 15 is 0 Å². The summed E-state index contributed by atoms with van der Waals surface area (Å²) in [6, 6.07) is 8.46. The fraction of sp³-hybridized carbons (Fsp3) is 0.657. The summed E-state index contributed by atoms with van der Waals surface area (Å²) in [4.78, 5) is 27.2. The van der Waals surface area contributed by atoms with E-state index in [1.54, 1.807) is 50.3 Å². The van der Waals surface area contributed by atoms with Gasteiger partial charge in [-0.2, -0.15) is 12.6 Å². The van der Waals surface area contributed by atoms with Crippen LogP contribution in [0, 0.1) is 23.2 Å². The van der Waals surface area contributed by atoms with E-state index in [-0.39, 0.29) is 28.1 Å². The fourth-order valence-corrected chi connectivity index (χ4v) is 12.5. The van der Waals surface area contributed by atoms with Gasteiger partial charge >= 0.3 is 11.9 Å². The first kappa shape index (κ1) is 38.0. The van der Waals surface area contributed by atoms with Gasteiger partial charge in [-0.15, -0.1) is 0 Å². The van der Waals surface area contributed by atoms with Gasteiger partial charge in [-0.05, 0) is 68.3 Å². The van der Waals surface area contributed by atoms with Crippen LogP contribution in [0.4, 0.5) is 0 Å². The lowest BCUT2D eigenvalue weighted by molar-refractivity contribution is -0.236. The molecule has 6 rings (SSSR count). The molecule has 5 aliphatic rings. The molecule has 0 heterocycles. The van der Waals surface area contributed by atoms with E-state index in [9.17, 15) is 30.0 Å². The lowest BCUT2D eigenvalue weighted by atomic mass is 9.20. The number of fused-ring (bicyclic) bond motifs is 7. The zero-order chi connectivity index (χ0) is 36.8. The SMILES string of the molecule is BC1(B)C2CC[C@]3(B)C(CC=C4C5C[C@@](B)(S)[C@@H](OC(=O)/C(C)=C\C)[C@H](OC(=O)c6ccccc6)[C@]5(CO)[C@H](O)[C@H](O)[C@]43B)[C@@]2(B)CC[C@@H]1O. The minimum Gasteiger partial charge on any atom is -0.454 e. The van der Waals surface area contributed by atoms with Gasteiger partial charge in [-0.1, -0.05) is 71.0 Å². The number of thiol groups is 1. The summed E-state index contributed by atoms with van der Waals surface area (Å²) in [7, 11) is 13.0. The van der Waals surface area contributed by atoms with Crippen molar-refractivity contribution in [3.05, 3.63) is 59.2 Å². The molecule has 13 atom stereocenters. The van der Waals surface area contributed by atoms with Crippen molar-refractivity contribution in [1.29, 1.82) is 0 Å². The van der Waals surface area contributed by atoms with E-state index in [4.69, 9.17) is 22.1 Å². The van der Waals surface area contributed by atoms with Crippen LogP contribution in [0.5, 0.6) is 0 Å². The molecule has 264 valence electrons. The summed E-state index contributed by atoms with van der Waals surface area (Å²) in [5, 5.41) is 46.3. The minimum atomic E-state index is -1.60. The molecule has 0 saturated heterocycles. The maximum atomic E-state index is 13.8. The van der Waals surface area contributed by atoms with Crippen molar-refractivity contribution in [3.8, 4) is 0 Å². The van der Waals surface area contributed by atoms with Gasteiger partial charge in [0.05, 0.1) is 29.8 Å². The van der Waals surface area contributed by atoms with Gasteiger partial charge < -0.3 is 29.9 Å². The molecule has 5 aliphatic carbocycles. The van der Waals surface area contributed by atoms with Gasteiger partial charge in [-0.3, -0.25) is 0 Å². The van der Waals surface area contributed by atoms with Gasteiger partial charge in [0.1, 0.15) is 53.2 Å². The molecule has 50 heavy (non-hydrogen) atoms. The van der Waals surface area contributed by atoms with Crippen LogP contribution >= 0.6 is 12.6 Å². The number of benzene rings is 1. The van der Waals surface area contributed by atoms with Crippen molar-refractivity contribution < 1.29 is 39.5 Å². The highest BCUT2D eigenvalue weighted by Gasteiger charge is 2.75. The number of hydrogen-bond donors (Lipinski definition) is 5. The van der Waals surface area contributed by atoms with Crippen LogP contribution in [-0.4, -0.2) is 121 Å². The van der Waals surface area contributed by atoms with Crippen LogP contribution in [0.15, 0.2) is 53.6 Å². The van der Waals surface area contributed by atoms with Crippen LogP contribution in [0.2, 0.25) is 21.2 Å². The average Bonchev–Trinajstić information content (AvgIpc) is 3.07. The number of aliphatic hydroxyl groups excluding tert-OH is 4. The maximum absolute atomic E-state index is 13.8. The maximum Gasteiger partial charge on any atom is 0.338 e. The molecule has 0 aliphatic heterocycles. The van der Waals surface area contributed by atoms with E-state index in [0.717, 1.165) is 37.7 Å². The quantitative estimate of drug-likeness (QED) is 0.0814. The monoisotopic (exact) mass is 698 g/mol. The lowest BCUT2D eigenvalue weighted by Gasteiger charge is -2.74. The number of carbonyl (C=O) groups is 2. The second-order valence-corrected chi connectivity index (χ2v) is 18.8. The number of allylic oxidation sites excluding steroid dienone is 2. The minimum absolute atomic E-state index is 0.0979. The summed E-state index contributed by atoms with van der Waals surface area (Å²) < 4.78 is 11.4. The van der Waals surface area contributed by atoms with E-state index in [1.165, 1.54) is 0 Å². The number of hydrogen-bond acceptors (Lipinski definition) is 9. The molecule has 1 aromatic carbocycles. The standard InChI is InChI=1S/C35H52B6O8S/c1-3-17(2)28(46)49-27-26(48-29(47)18-7-5-4-6-8-18)30(16-42)20(15-33(27,38)50)19-9-10-21-31(36)13-12-23(43)35(40,41)22(31)11-14-32(21,37)34(19,39)25(45)24(30)44/h3-9,20-27,42-45,50H,10-16,36-41H2,1-2H3/b17-3-/t20?,21?,22?,23-,24+,25-,26-,27-,30-,31-,32-,33+,34+/m0/s1. The Hall–Kier alpha value is -1.78. The largest absolute Gasteiger partial charge is 0.454 e. The smallest absolute Gasteiger partial charge is 0.338 e. The van der Waals surface area contributed by atoms with Gasteiger partial charge in [-0.25, -0.2) is 9.59 Å². The third kappa shape index (κ3) is 5.09. The molecule has 4 saturated carbocycles. The summed E-state index contributed by atoms with van der Waals surface area (Å²) >= 11 is 5.13. The number of esters is 2. The lowest BCUT2D eigenvalue weighted by Crippen LogP contribution is -2.75. The van der Waals surface area contributed by atoms with Gasteiger partial charge in [0.25, 0.3) is 0 Å². The van der Waals surface area contributed by atoms with E-state index in [2.05, 4.69) is 45.3 Å². The highest BCUT2D eigenvalue weighted by atomic mass is 32.1. The van der Waals surface area contributed by atoms with Crippen LogP contribution in [0.1, 0.15) is 62.7 Å². The molecule has 4 N–H and O–H groups in total. The Morgan fingerprint density at radius 3 is 2.22 bits per heavy atom. The zero-order valence-electron chi connectivity index (χ0n) is 31.0. The molecular weight excluding hydrogens is 645 g/mol. The molecule has 3 unspecified atom stereocenters. The van der Waals surface area contributed by atoms with Crippen molar-refractivity contribution >= 4 is 71.6 Å². The van der Waals surface area contributed by atoms with Gasteiger partial charge in [0.15, 0.2) is 6.10 Å². The van der Waals surface area contributed by atoms with Crippen LogP contribution < -0.4 is 0 Å². The average molecular weight is 698 g/mol. The van der Waals surface area contributed by atoms with Crippen molar-refractivity contribution in [2.45, 2.75) is 109 Å². The van der Waals surface area contributed by atoms with Gasteiger partial charge in [0.2, 0.25) is 0 Å². The van der Waals surface area contributed by atoms with Crippen LogP contribution in [0.3, 0.4) is 0 Å². The third-order valence-corrected chi connectivity index (χ3v) is 15.8. The number of carbonyl (C=O) groups excluding carboxylic acids is 2. The Morgan fingerprint density at radius 2 is 1.60 bits per heavy atom. The van der Waals surface area contributed by atoms with E-state index in [0.29, 0.717) is 17.9 Å². The molecule has 0 aromatic heterocycles. The molecule has 0 amide bonds. The molecule has 0 bridgehead atoms. The molecule has 1 aromatic rings. The molecular formula is C35H52B6O8S. The van der Waals surface area contributed by atoms with Crippen molar-refractivity contribution in [2.75, 3.05) is 6.61 Å². The molecule has 8 nitrogen and oxygen atoms in total. The first-order valence-electron chi connectivity index (χ1n) is 18.5. The second-order valence-electron chi connectivity index (χ2n) is 17.8. The van der Waals surface area contributed by atoms with Crippen molar-refractivity contribution in [2.24, 2.45) is 23.2 Å². The molecule has 4 fully saturated rings. The molecule has 15 heteroatoms. The predicted molar refractivity (Wildman–Crippen MR) is 213 cm³/mol.